The van der Waals surface area contributed by atoms with Crippen molar-refractivity contribution >= 4 is 17.0 Å². The maximum atomic E-state index is 13.3. The van der Waals surface area contributed by atoms with Crippen LogP contribution in [-0.2, 0) is 6.18 Å². The lowest BCUT2D eigenvalue weighted by Crippen LogP contribution is -2.14. The highest BCUT2D eigenvalue weighted by Gasteiger charge is 2.35. The Morgan fingerprint density at radius 3 is 2.50 bits per heavy atom. The lowest BCUT2D eigenvalue weighted by molar-refractivity contribution is -0.142. The van der Waals surface area contributed by atoms with Gasteiger partial charge in [0.1, 0.15) is 28.5 Å². The Balaban J connectivity index is 2.35. The third-order valence-corrected chi connectivity index (χ3v) is 3.92. The average Bonchev–Trinajstić information content (AvgIpc) is 2.84. The highest BCUT2D eigenvalue weighted by atomic mass is 19.4. The number of halogens is 3. The van der Waals surface area contributed by atoms with E-state index in [1.165, 1.54) is 6.92 Å². The molecule has 2 aromatic heterocycles. The zero-order chi connectivity index (χ0) is 17.6. The van der Waals surface area contributed by atoms with Crippen molar-refractivity contribution in [2.45, 2.75) is 20.0 Å². The number of hydrogen-bond acceptors (Lipinski definition) is 4. The molecule has 0 unspecified atom stereocenters. The first-order chi connectivity index (χ1) is 11.2. The summed E-state index contributed by atoms with van der Waals surface area (Å²) in [6.45, 7) is 3.39. The Morgan fingerprint density at radius 1 is 1.21 bits per heavy atom. The number of nitrogen functional groups attached to an aromatic ring is 1. The highest BCUT2D eigenvalue weighted by Crippen LogP contribution is 2.36. The minimum atomic E-state index is -4.55. The van der Waals surface area contributed by atoms with Crippen molar-refractivity contribution in [1.82, 2.24) is 14.4 Å². The van der Waals surface area contributed by atoms with Crippen LogP contribution in [0.25, 0.3) is 16.8 Å². The summed E-state index contributed by atoms with van der Waals surface area (Å²) in [5, 5.41) is 3.02. The number of hydrogen-bond donors (Lipinski definition) is 2. The van der Waals surface area contributed by atoms with E-state index in [1.54, 1.807) is 7.05 Å². The molecule has 24 heavy (non-hydrogen) atoms. The van der Waals surface area contributed by atoms with E-state index < -0.39 is 11.9 Å². The summed E-state index contributed by atoms with van der Waals surface area (Å²) in [5.74, 6) is 0.217. The summed E-state index contributed by atoms with van der Waals surface area (Å²) in [4.78, 5) is 8.06. The van der Waals surface area contributed by atoms with Crippen molar-refractivity contribution in [2.24, 2.45) is 0 Å². The molecule has 0 amide bonds. The lowest BCUT2D eigenvalue weighted by atomic mass is 10.0. The lowest BCUT2D eigenvalue weighted by Gasteiger charge is -2.12. The smallest absolute Gasteiger partial charge is 0.388 e. The maximum absolute atomic E-state index is 13.3. The Kier molecular flexibility index (Phi) is 3.62. The van der Waals surface area contributed by atoms with Gasteiger partial charge in [-0.2, -0.15) is 13.2 Å². The van der Waals surface area contributed by atoms with Gasteiger partial charge in [-0.3, -0.25) is 4.40 Å². The van der Waals surface area contributed by atoms with Gasteiger partial charge in [-0.25, -0.2) is 9.97 Å². The number of aryl methyl sites for hydroxylation is 2. The largest absolute Gasteiger partial charge is 0.433 e. The summed E-state index contributed by atoms with van der Waals surface area (Å²) in [6, 6.07) is 5.54. The predicted octanol–water partition coefficient (Wildman–Crippen LogP) is 3.66. The van der Waals surface area contributed by atoms with Gasteiger partial charge in [-0.1, -0.05) is 6.07 Å². The second-order valence-electron chi connectivity index (χ2n) is 5.50. The number of imidazole rings is 1. The van der Waals surface area contributed by atoms with Gasteiger partial charge in [0, 0.05) is 18.3 Å². The van der Waals surface area contributed by atoms with Crippen molar-refractivity contribution in [2.75, 3.05) is 18.1 Å². The number of anilines is 2. The van der Waals surface area contributed by atoms with Crippen molar-refractivity contribution in [3.05, 3.63) is 41.5 Å². The molecule has 3 N–H and O–H groups in total. The fourth-order valence-corrected chi connectivity index (χ4v) is 2.79. The molecule has 8 heteroatoms. The van der Waals surface area contributed by atoms with E-state index in [-0.39, 0.29) is 17.2 Å². The Labute approximate surface area is 136 Å². The molecule has 0 spiro atoms. The first-order valence-corrected chi connectivity index (χ1v) is 7.23. The van der Waals surface area contributed by atoms with Crippen LogP contribution in [0.5, 0.6) is 0 Å². The Hall–Kier alpha value is -2.77. The standard InChI is InChI=1S/C16H16F3N5/c1-8-6-10(21-3)4-5-11(8)13-14-15(20)22-7-12(16(17,18)19)24(14)9(2)23-13/h4-7,21H,1-3H3,(H2,20,22). The van der Waals surface area contributed by atoms with Gasteiger partial charge in [0.2, 0.25) is 0 Å². The average molecular weight is 335 g/mol. The number of benzene rings is 1. The zero-order valence-corrected chi connectivity index (χ0v) is 13.4. The Bertz CT molecular complexity index is 928. The Morgan fingerprint density at radius 2 is 1.92 bits per heavy atom. The molecule has 1 aromatic carbocycles. The SMILES string of the molecule is CNc1ccc(-c2nc(C)n3c(C(F)(F)F)cnc(N)c23)c(C)c1. The number of alkyl halides is 3. The van der Waals surface area contributed by atoms with Crippen LogP contribution in [0.3, 0.4) is 0 Å². The van der Waals surface area contributed by atoms with Crippen LogP contribution in [0.4, 0.5) is 24.7 Å². The van der Waals surface area contributed by atoms with Gasteiger partial charge in [0.25, 0.3) is 0 Å². The van der Waals surface area contributed by atoms with Crippen LogP contribution in [0, 0.1) is 13.8 Å². The van der Waals surface area contributed by atoms with E-state index in [0.29, 0.717) is 11.3 Å². The number of aromatic nitrogens is 3. The molecule has 3 aromatic rings. The molecule has 0 bridgehead atoms. The van der Waals surface area contributed by atoms with Gasteiger partial charge in [-0.15, -0.1) is 0 Å². The molecular weight excluding hydrogens is 319 g/mol. The van der Waals surface area contributed by atoms with Gasteiger partial charge >= 0.3 is 6.18 Å². The van der Waals surface area contributed by atoms with E-state index in [0.717, 1.165) is 21.8 Å². The van der Waals surface area contributed by atoms with E-state index in [2.05, 4.69) is 15.3 Å². The molecule has 126 valence electrons. The van der Waals surface area contributed by atoms with Gasteiger partial charge in [0.15, 0.2) is 0 Å². The molecule has 0 saturated carbocycles. The number of nitrogens with one attached hydrogen (secondary N) is 1. The van der Waals surface area contributed by atoms with Crippen molar-refractivity contribution < 1.29 is 13.2 Å². The summed E-state index contributed by atoms with van der Waals surface area (Å²) in [6.07, 6.45) is -3.82. The van der Waals surface area contributed by atoms with E-state index >= 15 is 0 Å². The summed E-state index contributed by atoms with van der Waals surface area (Å²) < 4.78 is 40.9. The molecule has 0 atom stereocenters. The van der Waals surface area contributed by atoms with Crippen LogP contribution in [0.2, 0.25) is 0 Å². The third-order valence-electron chi connectivity index (χ3n) is 3.92. The normalized spacial score (nSPS) is 11.9. The van der Waals surface area contributed by atoms with E-state index in [9.17, 15) is 13.2 Å². The first-order valence-electron chi connectivity index (χ1n) is 7.23. The molecule has 5 nitrogen and oxygen atoms in total. The third kappa shape index (κ3) is 2.44. The van der Waals surface area contributed by atoms with E-state index in [1.807, 2.05) is 25.1 Å². The number of nitrogens with zero attached hydrogens (tertiary/aromatic N) is 3. The fourth-order valence-electron chi connectivity index (χ4n) is 2.79. The second-order valence-corrected chi connectivity index (χ2v) is 5.50. The molecule has 0 fully saturated rings. The van der Waals surface area contributed by atoms with Crippen molar-refractivity contribution in [3.8, 4) is 11.3 Å². The minimum Gasteiger partial charge on any atom is -0.388 e. The maximum Gasteiger partial charge on any atom is 0.433 e. The molecule has 0 aliphatic heterocycles. The van der Waals surface area contributed by atoms with Gasteiger partial charge in [0.05, 0.1) is 6.20 Å². The quantitative estimate of drug-likeness (QED) is 0.750. The van der Waals surface area contributed by atoms with Crippen LogP contribution in [0.1, 0.15) is 17.1 Å². The summed E-state index contributed by atoms with van der Waals surface area (Å²) >= 11 is 0. The van der Waals surface area contributed by atoms with Crippen molar-refractivity contribution in [3.63, 3.8) is 0 Å². The topological polar surface area (TPSA) is 68.2 Å². The molecule has 0 saturated heterocycles. The molecule has 0 aliphatic carbocycles. The zero-order valence-electron chi connectivity index (χ0n) is 13.4. The molecule has 3 rings (SSSR count). The van der Waals surface area contributed by atoms with Crippen LogP contribution < -0.4 is 11.1 Å². The van der Waals surface area contributed by atoms with Gasteiger partial charge < -0.3 is 11.1 Å². The monoisotopic (exact) mass is 335 g/mol. The van der Waals surface area contributed by atoms with Crippen LogP contribution in [-0.4, -0.2) is 21.4 Å². The van der Waals surface area contributed by atoms with E-state index in [4.69, 9.17) is 5.73 Å². The first kappa shape index (κ1) is 16.1. The highest BCUT2D eigenvalue weighted by molar-refractivity contribution is 5.87. The summed E-state index contributed by atoms with van der Waals surface area (Å²) in [7, 11) is 1.79. The summed E-state index contributed by atoms with van der Waals surface area (Å²) in [5.41, 5.74) is 8.03. The van der Waals surface area contributed by atoms with Crippen molar-refractivity contribution in [1.29, 1.82) is 0 Å². The molecule has 0 radical (unpaired) electrons. The number of rotatable bonds is 2. The fraction of sp³-hybridized carbons (Fsp3) is 0.250. The second kappa shape index (κ2) is 5.40. The predicted molar refractivity (Wildman–Crippen MR) is 86.9 cm³/mol. The molecular formula is C16H16F3N5. The molecule has 2 heterocycles. The van der Waals surface area contributed by atoms with Crippen LogP contribution in [0.15, 0.2) is 24.4 Å². The number of fused-ring (bicyclic) bond motifs is 1. The van der Waals surface area contributed by atoms with Gasteiger partial charge in [-0.05, 0) is 31.5 Å². The number of nitrogens with two attached hydrogens (primary N) is 1. The molecule has 0 aliphatic rings. The van der Waals surface area contributed by atoms with Crippen LogP contribution >= 0.6 is 0 Å². The minimum absolute atomic E-state index is 0.00990.